The molecule has 0 fully saturated rings. The fourth-order valence-corrected chi connectivity index (χ4v) is 3.35. The van der Waals surface area contributed by atoms with Crippen LogP contribution < -0.4 is 0 Å². The van der Waals surface area contributed by atoms with Crippen LogP contribution >= 0.6 is 0 Å². The van der Waals surface area contributed by atoms with Crippen molar-refractivity contribution in [2.24, 2.45) is 0 Å². The summed E-state index contributed by atoms with van der Waals surface area (Å²) in [5.74, 6) is 0.0732. The number of aryl methyl sites for hydroxylation is 2. The molecule has 0 saturated carbocycles. The van der Waals surface area contributed by atoms with Crippen molar-refractivity contribution in [3.8, 4) is 22.6 Å². The van der Waals surface area contributed by atoms with Gasteiger partial charge in [-0.25, -0.2) is 9.78 Å². The van der Waals surface area contributed by atoms with Crippen molar-refractivity contribution >= 4 is 17.1 Å². The topological polar surface area (TPSA) is 104 Å². The first-order valence-corrected chi connectivity index (χ1v) is 9.97. The molecule has 8 heteroatoms. The summed E-state index contributed by atoms with van der Waals surface area (Å²) < 4.78 is 16.0. The highest BCUT2D eigenvalue weighted by Crippen LogP contribution is 2.27. The number of carbonyl (C=O) groups excluding carboxylic acids is 1. The van der Waals surface area contributed by atoms with Gasteiger partial charge in [-0.05, 0) is 19.9 Å². The van der Waals surface area contributed by atoms with Gasteiger partial charge in [0.25, 0.3) is 11.6 Å². The average Bonchev–Trinajstić information content (AvgIpc) is 3.45. The van der Waals surface area contributed by atoms with Crippen LogP contribution in [0.5, 0.6) is 0 Å². The van der Waals surface area contributed by atoms with Crippen molar-refractivity contribution < 1.29 is 18.6 Å². The van der Waals surface area contributed by atoms with Gasteiger partial charge >= 0.3 is 5.97 Å². The Morgan fingerprint density at radius 1 is 0.906 bits per heavy atom. The maximum absolute atomic E-state index is 13.0. The molecule has 3 heterocycles. The molecule has 0 saturated heterocycles. The van der Waals surface area contributed by atoms with Crippen LogP contribution in [-0.4, -0.2) is 26.3 Å². The predicted molar refractivity (Wildman–Crippen MR) is 116 cm³/mol. The van der Waals surface area contributed by atoms with Gasteiger partial charge in [-0.2, -0.15) is 4.98 Å². The van der Waals surface area contributed by atoms with Gasteiger partial charge in [-0.15, -0.1) is 0 Å². The van der Waals surface area contributed by atoms with Crippen molar-refractivity contribution in [3.05, 3.63) is 83.4 Å². The van der Waals surface area contributed by atoms with E-state index in [0.29, 0.717) is 28.2 Å². The third kappa shape index (κ3) is 3.74. The van der Waals surface area contributed by atoms with Gasteiger partial charge in [0.2, 0.25) is 5.82 Å². The predicted octanol–water partition coefficient (Wildman–Crippen LogP) is 4.91. The second-order valence-electron chi connectivity index (χ2n) is 7.32. The third-order valence-electron chi connectivity index (χ3n) is 5.01. The van der Waals surface area contributed by atoms with Crippen LogP contribution in [0.25, 0.3) is 33.7 Å². The largest absolute Gasteiger partial charge is 0.452 e. The standard InChI is InChI=1S/C24H18N4O4/c1-14-8-10-17(11-9-14)22-26-20(31-28-22)13-30-24(29)18-12-19(16-6-4-3-5-7-16)25-23-21(18)15(2)27-32-23/h3-12H,13H2,1-2H3. The molecule has 0 spiro atoms. The van der Waals surface area contributed by atoms with Crippen molar-refractivity contribution in [2.75, 3.05) is 0 Å². The van der Waals surface area contributed by atoms with Crippen molar-refractivity contribution in [1.82, 2.24) is 20.3 Å². The first kappa shape index (κ1) is 19.6. The highest BCUT2D eigenvalue weighted by atomic mass is 16.6. The Morgan fingerprint density at radius 3 is 2.47 bits per heavy atom. The minimum absolute atomic E-state index is 0.160. The Morgan fingerprint density at radius 2 is 1.69 bits per heavy atom. The van der Waals surface area contributed by atoms with Crippen LogP contribution in [0.15, 0.2) is 69.7 Å². The minimum atomic E-state index is -0.559. The zero-order chi connectivity index (χ0) is 22.1. The number of aromatic nitrogens is 4. The van der Waals surface area contributed by atoms with E-state index in [1.807, 2.05) is 61.5 Å². The lowest BCUT2D eigenvalue weighted by atomic mass is 10.1. The number of hydrogen-bond donors (Lipinski definition) is 0. The molecule has 5 rings (SSSR count). The van der Waals surface area contributed by atoms with E-state index >= 15 is 0 Å². The SMILES string of the molecule is Cc1ccc(-c2noc(COC(=O)c3cc(-c4ccccc4)nc4onc(C)c34)n2)cc1. The molecule has 32 heavy (non-hydrogen) atoms. The van der Waals surface area contributed by atoms with Crippen molar-refractivity contribution in [3.63, 3.8) is 0 Å². The van der Waals surface area contributed by atoms with E-state index in [1.165, 1.54) is 0 Å². The second kappa shape index (κ2) is 8.07. The van der Waals surface area contributed by atoms with Gasteiger partial charge in [0.05, 0.1) is 22.3 Å². The summed E-state index contributed by atoms with van der Waals surface area (Å²) in [7, 11) is 0. The number of rotatable bonds is 5. The lowest BCUT2D eigenvalue weighted by Gasteiger charge is -2.06. The number of nitrogens with zero attached hydrogens (tertiary/aromatic N) is 4. The lowest BCUT2D eigenvalue weighted by molar-refractivity contribution is 0.0432. The molecule has 5 aromatic rings. The van der Waals surface area contributed by atoms with Gasteiger partial charge in [-0.3, -0.25) is 0 Å². The maximum Gasteiger partial charge on any atom is 0.339 e. The number of ether oxygens (including phenoxy) is 1. The molecule has 0 bridgehead atoms. The summed E-state index contributed by atoms with van der Waals surface area (Å²) in [6.07, 6.45) is 0. The molecule has 0 atom stereocenters. The molecule has 0 radical (unpaired) electrons. The Kier molecular flexibility index (Phi) is 4.95. The fourth-order valence-electron chi connectivity index (χ4n) is 3.35. The van der Waals surface area contributed by atoms with E-state index < -0.39 is 5.97 Å². The normalized spacial score (nSPS) is 11.1. The third-order valence-corrected chi connectivity index (χ3v) is 5.01. The Bertz CT molecular complexity index is 1410. The molecule has 0 unspecified atom stereocenters. The number of hydrogen-bond acceptors (Lipinski definition) is 8. The molecule has 3 aromatic heterocycles. The van der Waals surface area contributed by atoms with E-state index in [9.17, 15) is 4.79 Å². The number of fused-ring (bicyclic) bond motifs is 1. The van der Waals surface area contributed by atoms with Crippen LogP contribution in [0.4, 0.5) is 0 Å². The first-order valence-electron chi connectivity index (χ1n) is 9.97. The monoisotopic (exact) mass is 426 g/mol. The maximum atomic E-state index is 13.0. The van der Waals surface area contributed by atoms with E-state index in [-0.39, 0.29) is 18.2 Å². The van der Waals surface area contributed by atoms with Gasteiger partial charge in [0.15, 0.2) is 6.61 Å². The molecule has 2 aromatic carbocycles. The first-order chi connectivity index (χ1) is 15.6. The number of pyridine rings is 1. The van der Waals surface area contributed by atoms with Crippen LogP contribution in [-0.2, 0) is 11.3 Å². The summed E-state index contributed by atoms with van der Waals surface area (Å²) in [5.41, 5.74) is 4.52. The van der Waals surface area contributed by atoms with Gasteiger partial charge in [0, 0.05) is 11.1 Å². The summed E-state index contributed by atoms with van der Waals surface area (Å²) in [6.45, 7) is 3.59. The van der Waals surface area contributed by atoms with E-state index in [0.717, 1.165) is 16.7 Å². The van der Waals surface area contributed by atoms with Crippen LogP contribution in [0.3, 0.4) is 0 Å². The Hall–Kier alpha value is -4.33. The van der Waals surface area contributed by atoms with Gasteiger partial charge in [-0.1, -0.05) is 70.5 Å². The van der Waals surface area contributed by atoms with E-state index in [2.05, 4.69) is 20.3 Å². The lowest BCUT2D eigenvalue weighted by Crippen LogP contribution is -2.07. The minimum Gasteiger partial charge on any atom is -0.452 e. The summed E-state index contributed by atoms with van der Waals surface area (Å²) in [4.78, 5) is 21.8. The summed E-state index contributed by atoms with van der Waals surface area (Å²) in [6, 6.07) is 18.9. The molecular weight excluding hydrogens is 408 g/mol. The number of esters is 1. The molecular formula is C24H18N4O4. The zero-order valence-corrected chi connectivity index (χ0v) is 17.4. The van der Waals surface area contributed by atoms with Crippen LogP contribution in [0, 0.1) is 13.8 Å². The highest BCUT2D eigenvalue weighted by Gasteiger charge is 2.21. The zero-order valence-electron chi connectivity index (χ0n) is 17.4. The Balaban J connectivity index is 1.40. The molecule has 0 amide bonds. The fraction of sp³-hybridized carbons (Fsp3) is 0.125. The van der Waals surface area contributed by atoms with Crippen LogP contribution in [0.2, 0.25) is 0 Å². The summed E-state index contributed by atoms with van der Waals surface area (Å²) >= 11 is 0. The van der Waals surface area contributed by atoms with Gasteiger partial charge in [0.1, 0.15) is 0 Å². The average molecular weight is 426 g/mol. The molecule has 0 aliphatic rings. The second-order valence-corrected chi connectivity index (χ2v) is 7.32. The van der Waals surface area contributed by atoms with Crippen molar-refractivity contribution in [1.29, 1.82) is 0 Å². The van der Waals surface area contributed by atoms with Gasteiger partial charge < -0.3 is 13.8 Å². The highest BCUT2D eigenvalue weighted by molar-refractivity contribution is 6.04. The number of benzene rings is 2. The van der Waals surface area contributed by atoms with E-state index in [1.54, 1.807) is 13.0 Å². The molecule has 158 valence electrons. The molecule has 0 N–H and O–H groups in total. The van der Waals surface area contributed by atoms with Crippen LogP contribution in [0.1, 0.15) is 27.5 Å². The number of carbonyl (C=O) groups is 1. The smallest absolute Gasteiger partial charge is 0.339 e. The molecule has 0 aliphatic heterocycles. The van der Waals surface area contributed by atoms with Crippen molar-refractivity contribution in [2.45, 2.75) is 20.5 Å². The molecule has 0 aliphatic carbocycles. The quantitative estimate of drug-likeness (QED) is 0.365. The molecule has 8 nitrogen and oxygen atoms in total. The Labute approximate surface area is 182 Å². The summed E-state index contributed by atoms with van der Waals surface area (Å²) in [5, 5.41) is 8.43. The van der Waals surface area contributed by atoms with E-state index in [4.69, 9.17) is 13.8 Å².